The van der Waals surface area contributed by atoms with Crippen molar-refractivity contribution in [2.24, 2.45) is 10.9 Å². The van der Waals surface area contributed by atoms with Crippen LogP contribution in [0.3, 0.4) is 0 Å². The zero-order chi connectivity index (χ0) is 11.0. The molecule has 0 aliphatic carbocycles. The van der Waals surface area contributed by atoms with Crippen molar-refractivity contribution in [2.75, 3.05) is 13.1 Å². The number of carbonyl (C=O) groups excluding carboxylic acids is 1. The Hall–Kier alpha value is -1.30. The maximum Gasteiger partial charge on any atom is 0.233 e. The highest BCUT2D eigenvalue weighted by atomic mass is 16.4. The maximum absolute atomic E-state index is 11.1. The second kappa shape index (κ2) is 7.14. The highest BCUT2D eigenvalue weighted by Gasteiger charge is 2.11. The van der Waals surface area contributed by atoms with Crippen molar-refractivity contribution in [3.05, 3.63) is 0 Å². The van der Waals surface area contributed by atoms with Crippen molar-refractivity contribution in [1.82, 2.24) is 10.6 Å². The van der Waals surface area contributed by atoms with Crippen LogP contribution in [0.1, 0.15) is 20.3 Å². The van der Waals surface area contributed by atoms with Crippen LogP contribution in [-0.4, -0.2) is 36.1 Å². The largest absolute Gasteiger partial charge is 0.409 e. The predicted octanol–water partition coefficient (Wildman–Crippen LogP) is -0.763. The van der Waals surface area contributed by atoms with Crippen molar-refractivity contribution in [3.8, 4) is 0 Å². The lowest BCUT2D eigenvalue weighted by Crippen LogP contribution is -2.45. The third-order valence-electron chi connectivity index (χ3n) is 1.76. The number of oxime groups is 1. The number of rotatable bonds is 6. The molecule has 14 heavy (non-hydrogen) atoms. The Morgan fingerprint density at radius 1 is 1.57 bits per heavy atom. The van der Waals surface area contributed by atoms with E-state index in [4.69, 9.17) is 10.9 Å². The van der Waals surface area contributed by atoms with Gasteiger partial charge in [0, 0.05) is 6.54 Å². The fraction of sp³-hybridized carbons (Fsp3) is 0.750. The number of hydrogen-bond acceptors (Lipinski definition) is 4. The molecule has 82 valence electrons. The van der Waals surface area contributed by atoms with Crippen molar-refractivity contribution in [3.63, 3.8) is 0 Å². The Balaban J connectivity index is 3.90. The lowest BCUT2D eigenvalue weighted by molar-refractivity contribution is -0.120. The molecule has 1 atom stereocenters. The van der Waals surface area contributed by atoms with E-state index in [0.29, 0.717) is 13.0 Å². The van der Waals surface area contributed by atoms with Crippen LogP contribution >= 0.6 is 0 Å². The van der Waals surface area contributed by atoms with Gasteiger partial charge in [-0.1, -0.05) is 12.1 Å². The molecule has 0 rings (SSSR count). The zero-order valence-corrected chi connectivity index (χ0v) is 8.58. The zero-order valence-electron chi connectivity index (χ0n) is 8.58. The van der Waals surface area contributed by atoms with Gasteiger partial charge in [0.1, 0.15) is 0 Å². The summed E-state index contributed by atoms with van der Waals surface area (Å²) in [6, 6.07) is -0.261. The van der Waals surface area contributed by atoms with Crippen molar-refractivity contribution in [2.45, 2.75) is 26.3 Å². The number of amidine groups is 1. The van der Waals surface area contributed by atoms with Crippen LogP contribution in [0, 0.1) is 0 Å². The first-order valence-electron chi connectivity index (χ1n) is 4.63. The molecule has 0 saturated heterocycles. The fourth-order valence-electron chi connectivity index (χ4n) is 1.00. The molecule has 1 amide bonds. The molecule has 0 aliphatic rings. The summed E-state index contributed by atoms with van der Waals surface area (Å²) in [7, 11) is 0. The van der Waals surface area contributed by atoms with Gasteiger partial charge in [0.2, 0.25) is 5.91 Å². The second-order valence-corrected chi connectivity index (χ2v) is 2.82. The SMILES string of the molecule is CCNC(=O)CNC(CC)C(N)=NO. The van der Waals surface area contributed by atoms with Gasteiger partial charge in [-0.15, -0.1) is 0 Å². The third kappa shape index (κ3) is 4.66. The standard InChI is InChI=1S/C8H18N4O2/c1-3-6(8(9)12-14)11-5-7(13)10-4-2/h6,11,14H,3-5H2,1-2H3,(H2,9,12)(H,10,13). The van der Waals surface area contributed by atoms with Gasteiger partial charge in [-0.3, -0.25) is 10.1 Å². The van der Waals surface area contributed by atoms with E-state index in [1.807, 2.05) is 13.8 Å². The first-order chi connectivity index (χ1) is 6.65. The first-order valence-corrected chi connectivity index (χ1v) is 4.63. The van der Waals surface area contributed by atoms with Crippen LogP contribution in [0.15, 0.2) is 5.16 Å². The normalized spacial score (nSPS) is 13.7. The molecule has 0 aromatic carbocycles. The molecule has 0 aromatic heterocycles. The summed E-state index contributed by atoms with van der Waals surface area (Å²) in [5, 5.41) is 16.8. The molecule has 0 aliphatic heterocycles. The van der Waals surface area contributed by atoms with Gasteiger partial charge in [-0.05, 0) is 13.3 Å². The second-order valence-electron chi connectivity index (χ2n) is 2.82. The average Bonchev–Trinajstić information content (AvgIpc) is 2.18. The van der Waals surface area contributed by atoms with Gasteiger partial charge >= 0.3 is 0 Å². The van der Waals surface area contributed by atoms with Crippen LogP contribution in [-0.2, 0) is 4.79 Å². The Labute approximate surface area is 83.5 Å². The summed E-state index contributed by atoms with van der Waals surface area (Å²) < 4.78 is 0. The van der Waals surface area contributed by atoms with E-state index in [1.165, 1.54) is 0 Å². The summed E-state index contributed by atoms with van der Waals surface area (Å²) in [6.07, 6.45) is 0.662. The van der Waals surface area contributed by atoms with Crippen LogP contribution in [0.2, 0.25) is 0 Å². The highest BCUT2D eigenvalue weighted by molar-refractivity contribution is 5.86. The van der Waals surface area contributed by atoms with E-state index in [1.54, 1.807) is 0 Å². The van der Waals surface area contributed by atoms with Crippen LogP contribution in [0.4, 0.5) is 0 Å². The number of amides is 1. The molecule has 5 N–H and O–H groups in total. The molecule has 0 heterocycles. The Bertz CT molecular complexity index is 206. The number of nitrogens with zero attached hydrogens (tertiary/aromatic N) is 1. The number of hydrogen-bond donors (Lipinski definition) is 4. The average molecular weight is 202 g/mol. The maximum atomic E-state index is 11.1. The van der Waals surface area contributed by atoms with Crippen molar-refractivity contribution >= 4 is 11.7 Å². The number of likely N-dealkylation sites (N-methyl/N-ethyl adjacent to an activating group) is 1. The summed E-state index contributed by atoms with van der Waals surface area (Å²) >= 11 is 0. The van der Waals surface area contributed by atoms with Gasteiger partial charge < -0.3 is 16.3 Å². The molecule has 1 unspecified atom stereocenters. The van der Waals surface area contributed by atoms with E-state index >= 15 is 0 Å². The van der Waals surface area contributed by atoms with Crippen molar-refractivity contribution in [1.29, 1.82) is 0 Å². The van der Waals surface area contributed by atoms with E-state index in [-0.39, 0.29) is 24.3 Å². The molecule has 0 bridgehead atoms. The number of nitrogens with one attached hydrogen (secondary N) is 2. The predicted molar refractivity (Wildman–Crippen MR) is 54.2 cm³/mol. The minimum atomic E-state index is -0.261. The number of carbonyl (C=O) groups is 1. The Morgan fingerprint density at radius 2 is 2.21 bits per heavy atom. The highest BCUT2D eigenvalue weighted by Crippen LogP contribution is 1.89. The summed E-state index contributed by atoms with van der Waals surface area (Å²) in [5.74, 6) is -0.00603. The van der Waals surface area contributed by atoms with Crippen LogP contribution < -0.4 is 16.4 Å². The van der Waals surface area contributed by atoms with Gasteiger partial charge in [0.15, 0.2) is 5.84 Å². The monoisotopic (exact) mass is 202 g/mol. The van der Waals surface area contributed by atoms with E-state index < -0.39 is 0 Å². The van der Waals surface area contributed by atoms with Gasteiger partial charge in [0.25, 0.3) is 0 Å². The molecular formula is C8H18N4O2. The van der Waals surface area contributed by atoms with E-state index in [2.05, 4.69) is 15.8 Å². The lowest BCUT2D eigenvalue weighted by atomic mass is 10.2. The number of nitrogens with two attached hydrogens (primary N) is 1. The third-order valence-corrected chi connectivity index (χ3v) is 1.76. The topological polar surface area (TPSA) is 99.7 Å². The molecule has 6 nitrogen and oxygen atoms in total. The molecular weight excluding hydrogens is 184 g/mol. The summed E-state index contributed by atoms with van der Waals surface area (Å²) in [6.45, 7) is 4.50. The summed E-state index contributed by atoms with van der Waals surface area (Å²) in [4.78, 5) is 11.1. The molecule has 0 aromatic rings. The minimum absolute atomic E-state index is 0.0943. The van der Waals surface area contributed by atoms with E-state index in [0.717, 1.165) is 0 Å². The first kappa shape index (κ1) is 12.7. The molecule has 0 radical (unpaired) electrons. The van der Waals surface area contributed by atoms with Crippen LogP contribution in [0.25, 0.3) is 0 Å². The smallest absolute Gasteiger partial charge is 0.233 e. The Morgan fingerprint density at radius 3 is 2.64 bits per heavy atom. The minimum Gasteiger partial charge on any atom is -0.409 e. The summed E-state index contributed by atoms with van der Waals surface area (Å²) in [5.41, 5.74) is 5.39. The molecule has 0 spiro atoms. The van der Waals surface area contributed by atoms with Gasteiger partial charge in [-0.25, -0.2) is 0 Å². The quantitative estimate of drug-likeness (QED) is 0.197. The fourth-order valence-corrected chi connectivity index (χ4v) is 1.00. The van der Waals surface area contributed by atoms with E-state index in [9.17, 15) is 4.79 Å². The molecule has 6 heteroatoms. The molecule has 0 fully saturated rings. The van der Waals surface area contributed by atoms with Gasteiger partial charge in [-0.2, -0.15) is 0 Å². The Kier molecular flexibility index (Phi) is 6.47. The lowest BCUT2D eigenvalue weighted by Gasteiger charge is -2.14. The van der Waals surface area contributed by atoms with Crippen LogP contribution in [0.5, 0.6) is 0 Å². The molecule has 0 saturated carbocycles. The van der Waals surface area contributed by atoms with Crippen molar-refractivity contribution < 1.29 is 10.0 Å². The van der Waals surface area contributed by atoms with Gasteiger partial charge in [0.05, 0.1) is 12.6 Å².